The number of epoxide rings is 1. The lowest BCUT2D eigenvalue weighted by Crippen LogP contribution is -2.40. The Balaban J connectivity index is 1.95. The van der Waals surface area contributed by atoms with Crippen molar-refractivity contribution in [2.24, 2.45) is 5.41 Å². The Bertz CT molecular complexity index is 308. The van der Waals surface area contributed by atoms with Crippen LogP contribution in [0, 0.1) is 5.41 Å². The van der Waals surface area contributed by atoms with Crippen molar-refractivity contribution in [2.75, 3.05) is 26.3 Å². The van der Waals surface area contributed by atoms with Crippen LogP contribution in [0.4, 0.5) is 4.79 Å². The Labute approximate surface area is 102 Å². The Morgan fingerprint density at radius 3 is 2.71 bits per heavy atom. The lowest BCUT2D eigenvalue weighted by Gasteiger charge is -2.27. The summed E-state index contributed by atoms with van der Waals surface area (Å²) in [7, 11) is 0. The van der Waals surface area contributed by atoms with Crippen LogP contribution in [0.3, 0.4) is 0 Å². The zero-order valence-corrected chi connectivity index (χ0v) is 10.7. The average molecular weight is 243 g/mol. The predicted octanol–water partition coefficient (Wildman–Crippen LogP) is 1.00. The van der Waals surface area contributed by atoms with E-state index in [4.69, 9.17) is 9.47 Å². The standard InChI is InChI=1S/C12H21NO4/c1-11(2,3)17-10(15)13-5-4-12(7-13,8-14)9-6-16-9/h9,14H,4-8H2,1-3H3. The second-order valence-electron chi connectivity index (χ2n) is 5.99. The molecule has 0 saturated carbocycles. The summed E-state index contributed by atoms with van der Waals surface area (Å²) in [6.07, 6.45) is 0.598. The molecule has 1 N–H and O–H groups in total. The smallest absolute Gasteiger partial charge is 0.410 e. The monoisotopic (exact) mass is 243 g/mol. The minimum atomic E-state index is -0.475. The first-order valence-corrected chi connectivity index (χ1v) is 6.07. The van der Waals surface area contributed by atoms with Crippen LogP contribution in [0.2, 0.25) is 0 Å². The summed E-state index contributed by atoms with van der Waals surface area (Å²) in [4.78, 5) is 13.6. The molecule has 2 unspecified atom stereocenters. The number of aliphatic hydroxyl groups is 1. The minimum Gasteiger partial charge on any atom is -0.444 e. The summed E-state index contributed by atoms with van der Waals surface area (Å²) >= 11 is 0. The number of hydrogen-bond donors (Lipinski definition) is 1. The van der Waals surface area contributed by atoms with Gasteiger partial charge in [-0.05, 0) is 27.2 Å². The third-order valence-corrected chi connectivity index (χ3v) is 3.37. The van der Waals surface area contributed by atoms with E-state index in [9.17, 15) is 9.90 Å². The number of carbonyl (C=O) groups excluding carboxylic acids is 1. The van der Waals surface area contributed by atoms with E-state index in [0.29, 0.717) is 19.7 Å². The Hall–Kier alpha value is -0.810. The van der Waals surface area contributed by atoms with Gasteiger partial charge in [-0.2, -0.15) is 0 Å². The maximum Gasteiger partial charge on any atom is 0.410 e. The van der Waals surface area contributed by atoms with E-state index in [1.807, 2.05) is 20.8 Å². The molecule has 2 rings (SSSR count). The fourth-order valence-electron chi connectivity index (χ4n) is 2.27. The van der Waals surface area contributed by atoms with Gasteiger partial charge in [0.1, 0.15) is 5.60 Å². The topological polar surface area (TPSA) is 62.3 Å². The molecule has 0 aliphatic carbocycles. The number of amides is 1. The largest absolute Gasteiger partial charge is 0.444 e. The van der Waals surface area contributed by atoms with Gasteiger partial charge in [0.25, 0.3) is 0 Å². The van der Waals surface area contributed by atoms with Crippen LogP contribution < -0.4 is 0 Å². The van der Waals surface area contributed by atoms with Gasteiger partial charge in [-0.1, -0.05) is 0 Å². The van der Waals surface area contributed by atoms with Crippen molar-refractivity contribution in [3.8, 4) is 0 Å². The van der Waals surface area contributed by atoms with Crippen molar-refractivity contribution in [1.29, 1.82) is 0 Å². The summed E-state index contributed by atoms with van der Waals surface area (Å²) in [5.74, 6) is 0. The zero-order valence-electron chi connectivity index (χ0n) is 10.7. The minimum absolute atomic E-state index is 0.0664. The Morgan fingerprint density at radius 1 is 1.59 bits per heavy atom. The molecule has 98 valence electrons. The number of rotatable bonds is 2. The molecule has 2 atom stereocenters. The number of aliphatic hydroxyl groups excluding tert-OH is 1. The normalized spacial score (nSPS) is 32.7. The maximum absolute atomic E-state index is 11.9. The SMILES string of the molecule is CC(C)(C)OC(=O)N1CCC(CO)(C2CO2)C1. The molecule has 17 heavy (non-hydrogen) atoms. The summed E-state index contributed by atoms with van der Waals surface area (Å²) in [6, 6.07) is 0. The fourth-order valence-corrected chi connectivity index (χ4v) is 2.27. The van der Waals surface area contributed by atoms with Crippen molar-refractivity contribution in [3.05, 3.63) is 0 Å². The van der Waals surface area contributed by atoms with E-state index in [2.05, 4.69) is 0 Å². The molecule has 0 aromatic carbocycles. The third kappa shape index (κ3) is 2.72. The van der Waals surface area contributed by atoms with Gasteiger partial charge in [0.2, 0.25) is 0 Å². The van der Waals surface area contributed by atoms with Gasteiger partial charge < -0.3 is 19.5 Å². The van der Waals surface area contributed by atoms with Gasteiger partial charge in [-0.3, -0.25) is 0 Å². The molecule has 2 fully saturated rings. The molecule has 2 heterocycles. The van der Waals surface area contributed by atoms with Gasteiger partial charge in [-0.15, -0.1) is 0 Å². The molecule has 1 amide bonds. The number of nitrogens with zero attached hydrogens (tertiary/aromatic N) is 1. The highest BCUT2D eigenvalue weighted by atomic mass is 16.6. The van der Waals surface area contributed by atoms with Gasteiger partial charge >= 0.3 is 6.09 Å². The van der Waals surface area contributed by atoms with E-state index in [1.165, 1.54) is 0 Å². The van der Waals surface area contributed by atoms with Crippen molar-refractivity contribution in [3.63, 3.8) is 0 Å². The van der Waals surface area contributed by atoms with Crippen LogP contribution in [0.1, 0.15) is 27.2 Å². The molecule has 0 aromatic heterocycles. The van der Waals surface area contributed by atoms with Crippen LogP contribution in [-0.4, -0.2) is 54.1 Å². The molecule has 0 aromatic rings. The Morgan fingerprint density at radius 2 is 2.24 bits per heavy atom. The van der Waals surface area contributed by atoms with Crippen molar-refractivity contribution in [2.45, 2.75) is 38.9 Å². The summed E-state index contributed by atoms with van der Waals surface area (Å²) in [5, 5.41) is 9.50. The van der Waals surface area contributed by atoms with Gasteiger partial charge in [0, 0.05) is 18.5 Å². The molecule has 0 bridgehead atoms. The van der Waals surface area contributed by atoms with Crippen LogP contribution in [0.25, 0.3) is 0 Å². The highest BCUT2D eigenvalue weighted by Crippen LogP contribution is 2.41. The van der Waals surface area contributed by atoms with E-state index in [0.717, 1.165) is 6.42 Å². The summed E-state index contributed by atoms with van der Waals surface area (Å²) < 4.78 is 10.6. The lowest BCUT2D eigenvalue weighted by atomic mass is 9.85. The summed E-state index contributed by atoms with van der Waals surface area (Å²) in [5.41, 5.74) is -0.742. The van der Waals surface area contributed by atoms with Gasteiger partial charge in [0.05, 0.1) is 19.3 Å². The average Bonchev–Trinajstić information content (AvgIpc) is 2.97. The van der Waals surface area contributed by atoms with Gasteiger partial charge in [-0.25, -0.2) is 4.79 Å². The van der Waals surface area contributed by atoms with Crippen LogP contribution >= 0.6 is 0 Å². The predicted molar refractivity (Wildman–Crippen MR) is 61.7 cm³/mol. The lowest BCUT2D eigenvalue weighted by molar-refractivity contribution is 0.0238. The number of hydrogen-bond acceptors (Lipinski definition) is 4. The molecule has 0 spiro atoms. The number of carbonyl (C=O) groups is 1. The first-order valence-electron chi connectivity index (χ1n) is 6.07. The first kappa shape index (κ1) is 12.6. The molecule has 2 aliphatic heterocycles. The molecular weight excluding hydrogens is 222 g/mol. The van der Waals surface area contributed by atoms with Crippen LogP contribution in [0.5, 0.6) is 0 Å². The molecule has 0 radical (unpaired) electrons. The third-order valence-electron chi connectivity index (χ3n) is 3.37. The molecule has 2 saturated heterocycles. The number of ether oxygens (including phenoxy) is 2. The first-order chi connectivity index (χ1) is 7.86. The van der Waals surface area contributed by atoms with E-state index < -0.39 is 5.60 Å². The molecule has 5 heteroatoms. The van der Waals surface area contributed by atoms with Crippen LogP contribution in [-0.2, 0) is 9.47 Å². The fraction of sp³-hybridized carbons (Fsp3) is 0.917. The van der Waals surface area contributed by atoms with Crippen molar-refractivity contribution < 1.29 is 19.4 Å². The van der Waals surface area contributed by atoms with Gasteiger partial charge in [0.15, 0.2) is 0 Å². The van der Waals surface area contributed by atoms with Crippen LogP contribution in [0.15, 0.2) is 0 Å². The molecule has 2 aliphatic rings. The zero-order chi connectivity index (χ0) is 12.7. The second-order valence-corrected chi connectivity index (χ2v) is 5.99. The Kier molecular flexibility index (Phi) is 3.08. The molecule has 5 nitrogen and oxygen atoms in total. The highest BCUT2D eigenvalue weighted by molar-refractivity contribution is 5.68. The van der Waals surface area contributed by atoms with Crippen molar-refractivity contribution in [1.82, 2.24) is 4.90 Å². The number of likely N-dealkylation sites (tertiary alicyclic amines) is 1. The maximum atomic E-state index is 11.9. The highest BCUT2D eigenvalue weighted by Gasteiger charge is 2.52. The molecular formula is C12H21NO4. The van der Waals surface area contributed by atoms with E-state index in [-0.39, 0.29) is 24.2 Å². The summed E-state index contributed by atoms with van der Waals surface area (Å²) in [6.45, 7) is 7.48. The van der Waals surface area contributed by atoms with E-state index in [1.54, 1.807) is 4.90 Å². The second kappa shape index (κ2) is 4.14. The van der Waals surface area contributed by atoms with E-state index >= 15 is 0 Å². The van der Waals surface area contributed by atoms with Crippen molar-refractivity contribution >= 4 is 6.09 Å². The quantitative estimate of drug-likeness (QED) is 0.735.